The van der Waals surface area contributed by atoms with Gasteiger partial charge in [0.1, 0.15) is 0 Å². The van der Waals surface area contributed by atoms with Crippen LogP contribution in [0.3, 0.4) is 0 Å². The van der Waals surface area contributed by atoms with Gasteiger partial charge in [0.2, 0.25) is 0 Å². The van der Waals surface area contributed by atoms with Gasteiger partial charge in [0.25, 0.3) is 0 Å². The molecule has 2 unspecified atom stereocenters. The fraction of sp³-hybridized carbons (Fsp3) is 0.357. The molecule has 1 aliphatic heterocycles. The Labute approximate surface area is 112 Å². The van der Waals surface area contributed by atoms with Crippen LogP contribution in [0.5, 0.6) is 0 Å². The molecule has 0 saturated carbocycles. The summed E-state index contributed by atoms with van der Waals surface area (Å²) < 4.78 is 23.0. The molecular formula is C14H15NO3S. The van der Waals surface area contributed by atoms with E-state index in [-0.39, 0.29) is 17.4 Å². The Hall–Kier alpha value is -1.46. The molecule has 1 aliphatic rings. The maximum absolute atomic E-state index is 11.5. The molecule has 0 amide bonds. The van der Waals surface area contributed by atoms with E-state index in [9.17, 15) is 13.5 Å². The van der Waals surface area contributed by atoms with Crippen molar-refractivity contribution in [1.29, 1.82) is 0 Å². The van der Waals surface area contributed by atoms with Crippen LogP contribution in [0, 0.1) is 5.92 Å². The number of nitrogens with zero attached hydrogens (tertiary/aromatic N) is 1. The van der Waals surface area contributed by atoms with Crippen molar-refractivity contribution in [1.82, 2.24) is 4.98 Å². The number of rotatable bonds is 2. The third-order valence-electron chi connectivity index (χ3n) is 3.75. The van der Waals surface area contributed by atoms with E-state index in [1.165, 1.54) is 0 Å². The quantitative estimate of drug-likeness (QED) is 0.907. The number of aromatic nitrogens is 1. The lowest BCUT2D eigenvalue weighted by Gasteiger charge is -2.18. The summed E-state index contributed by atoms with van der Waals surface area (Å²) >= 11 is 0. The Bertz CT molecular complexity index is 706. The van der Waals surface area contributed by atoms with E-state index in [4.69, 9.17) is 0 Å². The minimum absolute atomic E-state index is 0.0790. The highest BCUT2D eigenvalue weighted by molar-refractivity contribution is 7.91. The number of hydrogen-bond acceptors (Lipinski definition) is 4. The number of sulfone groups is 1. The number of fused-ring (bicyclic) bond motifs is 1. The first-order chi connectivity index (χ1) is 9.07. The predicted molar refractivity (Wildman–Crippen MR) is 73.5 cm³/mol. The van der Waals surface area contributed by atoms with Gasteiger partial charge in [-0.05, 0) is 23.4 Å². The topological polar surface area (TPSA) is 67.3 Å². The van der Waals surface area contributed by atoms with Crippen molar-refractivity contribution in [3.63, 3.8) is 0 Å². The smallest absolute Gasteiger partial charge is 0.150 e. The van der Waals surface area contributed by atoms with E-state index in [0.29, 0.717) is 6.42 Å². The molecule has 1 aromatic heterocycles. The maximum atomic E-state index is 11.5. The fourth-order valence-electron chi connectivity index (χ4n) is 2.73. The van der Waals surface area contributed by atoms with Gasteiger partial charge in [-0.1, -0.05) is 18.2 Å². The monoisotopic (exact) mass is 277 g/mol. The molecule has 1 saturated heterocycles. The van der Waals surface area contributed by atoms with Gasteiger partial charge in [-0.25, -0.2) is 8.42 Å². The molecule has 0 radical (unpaired) electrons. The number of benzene rings is 1. The molecule has 0 aliphatic carbocycles. The van der Waals surface area contributed by atoms with Crippen LogP contribution >= 0.6 is 0 Å². The molecule has 5 heteroatoms. The lowest BCUT2D eigenvalue weighted by molar-refractivity contribution is 0.122. The zero-order valence-electron chi connectivity index (χ0n) is 10.4. The van der Waals surface area contributed by atoms with Crippen LogP contribution in [0.15, 0.2) is 36.7 Å². The second kappa shape index (κ2) is 4.58. The first kappa shape index (κ1) is 12.6. The fourth-order valence-corrected chi connectivity index (χ4v) is 4.56. The third-order valence-corrected chi connectivity index (χ3v) is 5.54. The van der Waals surface area contributed by atoms with E-state index in [0.717, 1.165) is 16.3 Å². The van der Waals surface area contributed by atoms with Crippen LogP contribution in [0.4, 0.5) is 0 Å². The first-order valence-corrected chi connectivity index (χ1v) is 8.10. The molecule has 0 bridgehead atoms. The number of pyridine rings is 1. The van der Waals surface area contributed by atoms with Crippen molar-refractivity contribution >= 4 is 20.6 Å². The minimum atomic E-state index is -2.97. The average Bonchev–Trinajstić information content (AvgIpc) is 2.78. The summed E-state index contributed by atoms with van der Waals surface area (Å²) in [6.45, 7) is 0. The largest absolute Gasteiger partial charge is 0.388 e. The first-order valence-electron chi connectivity index (χ1n) is 6.28. The standard InChI is InChI=1S/C14H15NO3S/c16-14(11-5-7-19(17,18)9-11)13-3-1-2-10-8-15-6-4-12(10)13/h1-4,6,8,11,14,16H,5,7,9H2. The summed E-state index contributed by atoms with van der Waals surface area (Å²) in [5, 5.41) is 12.4. The van der Waals surface area contributed by atoms with Gasteiger partial charge in [0, 0.05) is 23.7 Å². The molecule has 4 nitrogen and oxygen atoms in total. The maximum Gasteiger partial charge on any atom is 0.150 e. The Morgan fingerprint density at radius 3 is 2.89 bits per heavy atom. The SMILES string of the molecule is O=S1(=O)CCC(C(O)c2cccc3cnccc23)C1. The summed E-state index contributed by atoms with van der Waals surface area (Å²) in [7, 11) is -2.97. The van der Waals surface area contributed by atoms with Gasteiger partial charge < -0.3 is 5.11 Å². The van der Waals surface area contributed by atoms with Crippen LogP contribution < -0.4 is 0 Å². The van der Waals surface area contributed by atoms with Crippen molar-refractivity contribution in [2.75, 3.05) is 11.5 Å². The van der Waals surface area contributed by atoms with Gasteiger partial charge >= 0.3 is 0 Å². The van der Waals surface area contributed by atoms with Crippen LogP contribution in [-0.2, 0) is 9.84 Å². The summed E-state index contributed by atoms with van der Waals surface area (Å²) in [4.78, 5) is 4.06. The predicted octanol–water partition coefficient (Wildman–Crippen LogP) is 1.70. The average molecular weight is 277 g/mol. The molecule has 3 rings (SSSR count). The normalized spacial score (nSPS) is 23.5. The van der Waals surface area contributed by atoms with Crippen molar-refractivity contribution in [3.05, 3.63) is 42.2 Å². The Kier molecular flexibility index (Phi) is 3.03. The van der Waals surface area contributed by atoms with Crippen LogP contribution in [-0.4, -0.2) is 30.0 Å². The Morgan fingerprint density at radius 2 is 2.16 bits per heavy atom. The van der Waals surface area contributed by atoms with Gasteiger partial charge in [0.05, 0.1) is 17.6 Å². The second-order valence-corrected chi connectivity index (χ2v) is 7.28. The molecule has 100 valence electrons. The van der Waals surface area contributed by atoms with Gasteiger partial charge in [-0.2, -0.15) is 0 Å². The van der Waals surface area contributed by atoms with E-state index in [1.54, 1.807) is 12.4 Å². The lowest BCUT2D eigenvalue weighted by Crippen LogP contribution is -2.14. The highest BCUT2D eigenvalue weighted by atomic mass is 32.2. The zero-order valence-corrected chi connectivity index (χ0v) is 11.2. The van der Waals surface area contributed by atoms with Crippen LogP contribution in [0.2, 0.25) is 0 Å². The molecular weight excluding hydrogens is 262 g/mol. The third kappa shape index (κ3) is 2.35. The Balaban J connectivity index is 2.00. The van der Waals surface area contributed by atoms with Gasteiger partial charge in [-0.15, -0.1) is 0 Å². The van der Waals surface area contributed by atoms with Crippen molar-refractivity contribution in [2.24, 2.45) is 5.92 Å². The summed E-state index contributed by atoms with van der Waals surface area (Å²) in [6.07, 6.45) is 3.23. The Morgan fingerprint density at radius 1 is 1.32 bits per heavy atom. The van der Waals surface area contributed by atoms with E-state index in [1.807, 2.05) is 24.3 Å². The molecule has 2 aromatic rings. The number of aliphatic hydroxyl groups is 1. The number of aliphatic hydroxyl groups excluding tert-OH is 1. The molecule has 1 N–H and O–H groups in total. The molecule has 0 spiro atoms. The van der Waals surface area contributed by atoms with Crippen LogP contribution in [0.25, 0.3) is 10.8 Å². The summed E-state index contributed by atoms with van der Waals surface area (Å²) in [5.41, 5.74) is 0.794. The minimum Gasteiger partial charge on any atom is -0.388 e. The highest BCUT2D eigenvalue weighted by Crippen LogP contribution is 2.34. The zero-order chi connectivity index (χ0) is 13.5. The highest BCUT2D eigenvalue weighted by Gasteiger charge is 2.34. The van der Waals surface area contributed by atoms with Crippen LogP contribution in [0.1, 0.15) is 18.1 Å². The molecule has 2 heterocycles. The van der Waals surface area contributed by atoms with Crippen molar-refractivity contribution < 1.29 is 13.5 Å². The lowest BCUT2D eigenvalue weighted by atomic mass is 9.92. The molecule has 2 atom stereocenters. The van der Waals surface area contributed by atoms with Crippen molar-refractivity contribution in [2.45, 2.75) is 12.5 Å². The second-order valence-electron chi connectivity index (χ2n) is 5.05. The molecule has 1 fully saturated rings. The van der Waals surface area contributed by atoms with Gasteiger partial charge in [0.15, 0.2) is 9.84 Å². The summed E-state index contributed by atoms with van der Waals surface area (Å²) in [5.74, 6) is 0.0558. The molecule has 19 heavy (non-hydrogen) atoms. The van der Waals surface area contributed by atoms with Crippen molar-refractivity contribution in [3.8, 4) is 0 Å². The summed E-state index contributed by atoms with van der Waals surface area (Å²) in [6, 6.07) is 7.52. The van der Waals surface area contributed by atoms with E-state index in [2.05, 4.69) is 4.98 Å². The van der Waals surface area contributed by atoms with E-state index >= 15 is 0 Å². The number of hydrogen-bond donors (Lipinski definition) is 1. The molecule has 1 aromatic carbocycles. The van der Waals surface area contributed by atoms with E-state index < -0.39 is 15.9 Å². The van der Waals surface area contributed by atoms with Gasteiger partial charge in [-0.3, -0.25) is 4.98 Å².